The molecule has 1 fully saturated rings. The molecule has 0 aliphatic heterocycles. The summed E-state index contributed by atoms with van der Waals surface area (Å²) in [6.45, 7) is -3.05. The second-order valence-corrected chi connectivity index (χ2v) is 22.2. The molecule has 2 aromatic carbocycles. The number of nitrogens with zero attached hydrogens (tertiary/aromatic N) is 6. The first-order valence-electron chi connectivity index (χ1n) is 20.5. The van der Waals surface area contributed by atoms with Gasteiger partial charge < -0.3 is 15.1 Å². The van der Waals surface area contributed by atoms with Gasteiger partial charge in [-0.05, 0) is 74.4 Å². The molecular formula is C41H37ClF10N7O9PS2. The number of sulfone groups is 1. The van der Waals surface area contributed by atoms with Crippen molar-refractivity contribution in [1.29, 1.82) is 0 Å². The Morgan fingerprint density at radius 1 is 1.06 bits per heavy atom. The van der Waals surface area contributed by atoms with Gasteiger partial charge in [0.15, 0.2) is 15.5 Å². The largest absolute Gasteiger partial charge is 0.469 e. The van der Waals surface area contributed by atoms with Crippen molar-refractivity contribution in [1.82, 2.24) is 34.2 Å². The average molecular weight is 1090 g/mol. The summed E-state index contributed by atoms with van der Waals surface area (Å²) >= 11 is 3.62. The Bertz CT molecular complexity index is 3190. The molecule has 7 rings (SSSR count). The first kappa shape index (κ1) is 53.8. The maximum Gasteiger partial charge on any atom is 0.469 e. The zero-order chi connectivity index (χ0) is 52.6. The van der Waals surface area contributed by atoms with E-state index in [4.69, 9.17) is 21.4 Å². The molecule has 3 aromatic heterocycles. The van der Waals surface area contributed by atoms with Gasteiger partial charge in [0.25, 0.3) is 5.92 Å². The van der Waals surface area contributed by atoms with Gasteiger partial charge in [0.2, 0.25) is 17.2 Å². The molecule has 1 saturated carbocycles. The molecule has 5 aromatic rings. The van der Waals surface area contributed by atoms with Gasteiger partial charge in [-0.1, -0.05) is 23.6 Å². The van der Waals surface area contributed by atoms with Crippen molar-refractivity contribution in [3.05, 3.63) is 98.7 Å². The Labute approximate surface area is 403 Å². The Kier molecular flexibility index (Phi) is 14.5. The molecule has 4 N–H and O–H groups in total. The zero-order valence-electron chi connectivity index (χ0n) is 36.6. The van der Waals surface area contributed by atoms with Crippen LogP contribution in [0.1, 0.15) is 71.8 Å². The minimum absolute atomic E-state index is 0.198. The zero-order valence-corrected chi connectivity index (χ0v) is 39.9. The highest BCUT2D eigenvalue weighted by atomic mass is 35.5. The van der Waals surface area contributed by atoms with E-state index in [2.05, 4.69) is 36.9 Å². The van der Waals surface area contributed by atoms with Crippen molar-refractivity contribution in [3.63, 3.8) is 0 Å². The molecule has 1 amide bonds. The molecular weight excluding hydrogens is 1060 g/mol. The second-order valence-electron chi connectivity index (χ2n) is 17.1. The third-order valence-electron chi connectivity index (χ3n) is 11.5. The highest BCUT2D eigenvalue weighted by Crippen LogP contribution is 2.68. The van der Waals surface area contributed by atoms with Gasteiger partial charge in [-0.3, -0.25) is 23.2 Å². The highest BCUT2D eigenvalue weighted by Gasteiger charge is 2.68. The van der Waals surface area contributed by atoms with Crippen LogP contribution in [0.5, 0.6) is 0 Å². The number of carbonyl (C=O) groups excluding carboxylic acids is 1. The number of hydrogen-bond acceptors (Lipinski definition) is 9. The molecule has 0 saturated heterocycles. The summed E-state index contributed by atoms with van der Waals surface area (Å²) in [6.07, 6.45) is -10.3. The van der Waals surface area contributed by atoms with Gasteiger partial charge in [-0.25, -0.2) is 31.0 Å². The van der Waals surface area contributed by atoms with Gasteiger partial charge in [-0.15, -0.1) is 0 Å². The van der Waals surface area contributed by atoms with Gasteiger partial charge in [0.05, 0.1) is 41.1 Å². The number of alkyl halides is 8. The molecule has 2 unspecified atom stereocenters. The molecule has 71 heavy (non-hydrogen) atoms. The van der Waals surface area contributed by atoms with Crippen LogP contribution < -0.4 is 5.32 Å². The summed E-state index contributed by atoms with van der Waals surface area (Å²) in [6, 6.07) is 5.05. The predicted molar refractivity (Wildman–Crippen MR) is 232 cm³/mol. The maximum atomic E-state index is 15.5. The van der Waals surface area contributed by atoms with E-state index >= 15 is 8.78 Å². The van der Waals surface area contributed by atoms with Crippen molar-refractivity contribution in [2.24, 2.45) is 5.92 Å². The summed E-state index contributed by atoms with van der Waals surface area (Å²) in [5.74, 6) is -5.00. The third-order valence-corrected chi connectivity index (χ3v) is 15.1. The summed E-state index contributed by atoms with van der Waals surface area (Å²) in [5.41, 5.74) is -5.84. The van der Waals surface area contributed by atoms with E-state index in [0.29, 0.717) is 15.1 Å². The Morgan fingerprint density at radius 2 is 1.70 bits per heavy atom. The number of pyridine rings is 1. The SMILES string of the molecule is CC(C)(C#Cc1ccc(-c2ccc(Cl)c3c(CN(CCOP(=O)(O)O)S(=O)O)nn(CC(F)(F)F)c23)c(C(Cc2cc(F)cc(F)c2)NC(=O)Cn2nc(C(F)(F)F)c3c2C(F)(F)[C@@H]2C[C@H]32)n1)S(C)(=O)=O. The number of aromatic nitrogens is 5. The molecule has 30 heteroatoms. The smallest absolute Gasteiger partial charge is 0.346 e. The van der Waals surface area contributed by atoms with Crippen LogP contribution in [0, 0.1) is 29.4 Å². The molecule has 0 radical (unpaired) electrons. The standard InChI is InChI=1S/C41H37ClF10N7O9PS2/c1-38(2,71(3,66)67)9-8-23-4-5-24(25-6-7-28(42)33-30(55-59(35(25)33)19-39(45,46)47)17-57(70(64)65)10-11-68-69(61,62)63)34(53-23)29(14-20-12-21(43)15-22(44)13-20)54-31(60)18-58-37-32(36(56-58)41(50,51)52)26-16-27(26)40(37,48)49/h4-7,12-13,15,26-27,29H,10-11,14,16-19H2,1-3H3,(H,54,60)(H,64,65)(H2,61,62,63)/t26-,27+,29?/m0/s1. The van der Waals surface area contributed by atoms with E-state index in [1.165, 1.54) is 26.0 Å². The summed E-state index contributed by atoms with van der Waals surface area (Å²) < 4.78 is 209. The number of benzene rings is 2. The lowest BCUT2D eigenvalue weighted by molar-refractivity contribution is -0.143. The van der Waals surface area contributed by atoms with Crippen LogP contribution in [-0.2, 0) is 73.1 Å². The number of carbonyl (C=O) groups is 1. The number of phosphoric acid groups is 1. The summed E-state index contributed by atoms with van der Waals surface area (Å²) in [5, 5.41) is 9.25. The molecule has 2 aliphatic carbocycles. The number of nitrogens with one attached hydrogen (secondary N) is 1. The van der Waals surface area contributed by atoms with E-state index in [9.17, 15) is 61.7 Å². The van der Waals surface area contributed by atoms with Crippen LogP contribution in [0.2, 0.25) is 5.02 Å². The monoisotopic (exact) mass is 1090 g/mol. The van der Waals surface area contributed by atoms with E-state index in [1.54, 1.807) is 0 Å². The first-order valence-corrected chi connectivity index (χ1v) is 25.4. The quantitative estimate of drug-likeness (QED) is 0.0330. The Hall–Kier alpha value is -4.98. The molecule has 384 valence electrons. The topological polar surface area (TPSA) is 219 Å². The number of rotatable bonds is 16. The number of fused-ring (bicyclic) bond motifs is 4. The molecule has 16 nitrogen and oxygen atoms in total. The second kappa shape index (κ2) is 19.1. The lowest BCUT2D eigenvalue weighted by Gasteiger charge is -2.23. The minimum atomic E-state index is -5.22. The van der Waals surface area contributed by atoms with Crippen molar-refractivity contribution >= 4 is 57.3 Å². The lowest BCUT2D eigenvalue weighted by atomic mass is 9.93. The van der Waals surface area contributed by atoms with Gasteiger partial charge >= 0.3 is 20.2 Å². The number of halogens is 11. The fourth-order valence-corrected chi connectivity index (χ4v) is 9.38. The number of hydrogen-bond donors (Lipinski definition) is 4. The summed E-state index contributed by atoms with van der Waals surface area (Å²) in [4.78, 5) is 36.9. The fraction of sp³-hybridized carbons (Fsp3) is 0.415. The van der Waals surface area contributed by atoms with Crippen molar-refractivity contribution in [2.75, 3.05) is 19.4 Å². The Morgan fingerprint density at radius 3 is 2.30 bits per heavy atom. The van der Waals surface area contributed by atoms with E-state index in [0.717, 1.165) is 30.5 Å². The molecule has 0 bridgehead atoms. The van der Waals surface area contributed by atoms with Crippen LogP contribution in [0.4, 0.5) is 43.9 Å². The van der Waals surface area contributed by atoms with Crippen LogP contribution in [0.25, 0.3) is 22.0 Å². The molecule has 4 atom stereocenters. The van der Waals surface area contributed by atoms with Crippen molar-refractivity contribution in [2.45, 2.75) is 81.3 Å². The van der Waals surface area contributed by atoms with Crippen LogP contribution in [0.15, 0.2) is 42.5 Å². The van der Waals surface area contributed by atoms with Crippen molar-refractivity contribution in [3.8, 4) is 23.0 Å². The van der Waals surface area contributed by atoms with Crippen LogP contribution in [-0.4, -0.2) is 92.1 Å². The van der Waals surface area contributed by atoms with E-state index in [-0.39, 0.29) is 43.9 Å². The van der Waals surface area contributed by atoms with Crippen LogP contribution in [0.3, 0.4) is 0 Å². The van der Waals surface area contributed by atoms with Gasteiger partial charge in [0.1, 0.15) is 40.9 Å². The van der Waals surface area contributed by atoms with Gasteiger partial charge in [0, 0.05) is 46.9 Å². The maximum absolute atomic E-state index is 15.5. The average Bonchev–Trinajstić information content (AvgIpc) is 3.74. The number of phosphoric ester groups is 1. The first-order chi connectivity index (χ1) is 32.6. The lowest BCUT2D eigenvalue weighted by Crippen LogP contribution is -2.35. The molecule has 2 aliphatic rings. The summed E-state index contributed by atoms with van der Waals surface area (Å²) in [7, 11) is -8.99. The third kappa shape index (κ3) is 11.8. The molecule has 3 heterocycles. The van der Waals surface area contributed by atoms with Crippen molar-refractivity contribution < 1.29 is 84.8 Å². The molecule has 0 spiro atoms. The van der Waals surface area contributed by atoms with Gasteiger partial charge in [-0.2, -0.15) is 49.6 Å². The number of amides is 1. The predicted octanol–water partition coefficient (Wildman–Crippen LogP) is 7.34. The normalized spacial score (nSPS) is 17.7. The van der Waals surface area contributed by atoms with E-state index < -0.39 is 160 Å². The highest BCUT2D eigenvalue weighted by molar-refractivity contribution is 7.92. The van der Waals surface area contributed by atoms with Crippen LogP contribution >= 0.6 is 19.4 Å². The minimum Gasteiger partial charge on any atom is -0.346 e. The van der Waals surface area contributed by atoms with E-state index in [1.807, 2.05) is 0 Å². The Balaban J connectivity index is 1.43. The fourth-order valence-electron chi connectivity index (χ4n) is 8.10.